The average molecular weight is 275 g/mol. The third kappa shape index (κ3) is 1.86. The Morgan fingerprint density at radius 3 is 2.86 bits per heavy atom. The van der Waals surface area contributed by atoms with Crippen LogP contribution >= 0.6 is 0 Å². The van der Waals surface area contributed by atoms with E-state index in [-0.39, 0.29) is 0 Å². The molecule has 0 aliphatic rings. The van der Waals surface area contributed by atoms with Gasteiger partial charge in [0.15, 0.2) is 5.65 Å². The maximum absolute atomic E-state index is 5.99. The second-order valence-corrected chi connectivity index (χ2v) is 4.87. The number of fused-ring (bicyclic) bond motifs is 2. The van der Waals surface area contributed by atoms with E-state index in [2.05, 4.69) is 39.6 Å². The van der Waals surface area contributed by atoms with Crippen LogP contribution in [0.1, 0.15) is 5.56 Å². The molecule has 4 rings (SSSR count). The lowest BCUT2D eigenvalue weighted by atomic mass is 9.97. The molecule has 0 amide bonds. The van der Waals surface area contributed by atoms with Gasteiger partial charge in [-0.1, -0.05) is 41.6 Å². The van der Waals surface area contributed by atoms with E-state index < -0.39 is 0 Å². The summed E-state index contributed by atoms with van der Waals surface area (Å²) in [5.41, 5.74) is 9.76. The molecule has 5 heteroatoms. The van der Waals surface area contributed by atoms with Crippen LogP contribution in [-0.2, 0) is 6.54 Å². The summed E-state index contributed by atoms with van der Waals surface area (Å²) >= 11 is 0. The van der Waals surface area contributed by atoms with Crippen molar-refractivity contribution in [1.29, 1.82) is 0 Å². The summed E-state index contributed by atoms with van der Waals surface area (Å²) in [4.78, 5) is 4.60. The summed E-state index contributed by atoms with van der Waals surface area (Å²) in [6.07, 6.45) is 3.51. The van der Waals surface area contributed by atoms with Gasteiger partial charge >= 0.3 is 0 Å². The number of hydrogen-bond donors (Lipinski definition) is 1. The second-order valence-electron chi connectivity index (χ2n) is 4.87. The van der Waals surface area contributed by atoms with Gasteiger partial charge in [0.1, 0.15) is 0 Å². The minimum atomic E-state index is 0.473. The van der Waals surface area contributed by atoms with Gasteiger partial charge in [0.05, 0.1) is 11.9 Å². The highest BCUT2D eigenvalue weighted by Gasteiger charge is 2.10. The molecule has 0 saturated carbocycles. The zero-order valence-corrected chi connectivity index (χ0v) is 11.3. The van der Waals surface area contributed by atoms with Gasteiger partial charge < -0.3 is 5.73 Å². The largest absolute Gasteiger partial charge is 0.326 e. The Hall–Kier alpha value is -2.79. The molecular formula is C16H13N5. The molecule has 2 aromatic carbocycles. The second kappa shape index (κ2) is 4.64. The van der Waals surface area contributed by atoms with Crippen LogP contribution < -0.4 is 5.73 Å². The van der Waals surface area contributed by atoms with E-state index in [9.17, 15) is 0 Å². The normalized spacial score (nSPS) is 11.3. The molecule has 0 radical (unpaired) electrons. The highest BCUT2D eigenvalue weighted by Crippen LogP contribution is 2.29. The molecule has 102 valence electrons. The lowest BCUT2D eigenvalue weighted by Crippen LogP contribution is -2.02. The Labute approximate surface area is 121 Å². The standard InChI is InChI=1S/C16H13N5/c17-9-14-12-4-2-1-3-11(12)5-6-13(14)15-7-8-21-16(19-15)10-18-20-21/h1-8,10H,9,17H2. The fourth-order valence-electron chi connectivity index (χ4n) is 2.67. The zero-order chi connectivity index (χ0) is 14.2. The van der Waals surface area contributed by atoms with Crippen molar-refractivity contribution < 1.29 is 0 Å². The van der Waals surface area contributed by atoms with Crippen LogP contribution in [-0.4, -0.2) is 19.8 Å². The van der Waals surface area contributed by atoms with Crippen LogP contribution in [0.15, 0.2) is 54.9 Å². The summed E-state index contributed by atoms with van der Waals surface area (Å²) in [5.74, 6) is 0. The van der Waals surface area contributed by atoms with Crippen LogP contribution in [0.25, 0.3) is 27.7 Å². The summed E-state index contributed by atoms with van der Waals surface area (Å²) in [7, 11) is 0. The lowest BCUT2D eigenvalue weighted by Gasteiger charge is -2.11. The van der Waals surface area contributed by atoms with Crippen LogP contribution in [0, 0.1) is 0 Å². The Bertz CT molecular complexity index is 942. The molecule has 0 aliphatic carbocycles. The topological polar surface area (TPSA) is 69.1 Å². The first-order valence-electron chi connectivity index (χ1n) is 6.75. The number of rotatable bonds is 2. The van der Waals surface area contributed by atoms with Crippen molar-refractivity contribution in [3.8, 4) is 11.3 Å². The smallest absolute Gasteiger partial charge is 0.176 e. The van der Waals surface area contributed by atoms with E-state index in [0.29, 0.717) is 6.54 Å². The van der Waals surface area contributed by atoms with Gasteiger partial charge in [-0.25, -0.2) is 9.50 Å². The summed E-state index contributed by atoms with van der Waals surface area (Å²) in [6, 6.07) is 14.4. The number of nitrogens with two attached hydrogens (primary N) is 1. The van der Waals surface area contributed by atoms with Crippen molar-refractivity contribution in [2.45, 2.75) is 6.54 Å². The SMILES string of the molecule is NCc1c(-c2ccn3nncc3n2)ccc2ccccc12. The predicted octanol–water partition coefficient (Wildman–Crippen LogP) is 2.40. The van der Waals surface area contributed by atoms with Crippen LogP contribution in [0.5, 0.6) is 0 Å². The quantitative estimate of drug-likeness (QED) is 0.610. The average Bonchev–Trinajstić information content (AvgIpc) is 3.01. The van der Waals surface area contributed by atoms with Crippen molar-refractivity contribution in [2.75, 3.05) is 0 Å². The van der Waals surface area contributed by atoms with Crippen LogP contribution in [0.2, 0.25) is 0 Å². The Morgan fingerprint density at radius 2 is 1.95 bits per heavy atom. The maximum Gasteiger partial charge on any atom is 0.176 e. The van der Waals surface area contributed by atoms with Crippen molar-refractivity contribution in [1.82, 2.24) is 19.8 Å². The molecule has 0 bridgehead atoms. The maximum atomic E-state index is 5.99. The first kappa shape index (κ1) is 12.0. The third-order valence-electron chi connectivity index (χ3n) is 3.69. The monoisotopic (exact) mass is 275 g/mol. The minimum absolute atomic E-state index is 0.473. The molecule has 0 unspecified atom stereocenters. The predicted molar refractivity (Wildman–Crippen MR) is 81.6 cm³/mol. The van der Waals surface area contributed by atoms with Gasteiger partial charge in [0.2, 0.25) is 0 Å². The van der Waals surface area contributed by atoms with E-state index in [1.807, 2.05) is 24.4 Å². The molecule has 0 spiro atoms. The van der Waals surface area contributed by atoms with E-state index in [1.54, 1.807) is 10.7 Å². The van der Waals surface area contributed by atoms with Gasteiger partial charge in [0.25, 0.3) is 0 Å². The van der Waals surface area contributed by atoms with E-state index in [4.69, 9.17) is 5.73 Å². The minimum Gasteiger partial charge on any atom is -0.326 e. The molecular weight excluding hydrogens is 262 g/mol. The summed E-state index contributed by atoms with van der Waals surface area (Å²) < 4.78 is 1.65. The molecule has 0 aliphatic heterocycles. The fraction of sp³-hybridized carbons (Fsp3) is 0.0625. The van der Waals surface area contributed by atoms with Crippen molar-refractivity contribution in [3.05, 3.63) is 60.4 Å². The van der Waals surface area contributed by atoms with Gasteiger partial charge in [-0.05, 0) is 22.4 Å². The van der Waals surface area contributed by atoms with Crippen LogP contribution in [0.4, 0.5) is 0 Å². The zero-order valence-electron chi connectivity index (χ0n) is 11.3. The summed E-state index contributed by atoms with van der Waals surface area (Å²) in [6.45, 7) is 0.473. The molecule has 0 fully saturated rings. The van der Waals surface area contributed by atoms with Crippen molar-refractivity contribution >= 4 is 16.4 Å². The van der Waals surface area contributed by atoms with Crippen molar-refractivity contribution in [3.63, 3.8) is 0 Å². The third-order valence-corrected chi connectivity index (χ3v) is 3.69. The number of nitrogens with zero attached hydrogens (tertiary/aromatic N) is 4. The highest BCUT2D eigenvalue weighted by atomic mass is 15.4. The first-order valence-corrected chi connectivity index (χ1v) is 6.75. The number of aromatic nitrogens is 4. The Kier molecular flexibility index (Phi) is 2.65. The summed E-state index contributed by atoms with van der Waals surface area (Å²) in [5, 5.41) is 10.1. The van der Waals surface area contributed by atoms with Crippen molar-refractivity contribution in [2.24, 2.45) is 5.73 Å². The van der Waals surface area contributed by atoms with E-state index in [1.165, 1.54) is 10.8 Å². The molecule has 21 heavy (non-hydrogen) atoms. The molecule has 0 atom stereocenters. The first-order chi connectivity index (χ1) is 10.4. The van der Waals surface area contributed by atoms with E-state index in [0.717, 1.165) is 22.5 Å². The molecule has 2 aromatic heterocycles. The van der Waals surface area contributed by atoms with Gasteiger partial charge in [0, 0.05) is 18.3 Å². The van der Waals surface area contributed by atoms with Gasteiger partial charge in [-0.3, -0.25) is 0 Å². The Morgan fingerprint density at radius 1 is 1.05 bits per heavy atom. The molecule has 4 aromatic rings. The molecule has 2 heterocycles. The van der Waals surface area contributed by atoms with Gasteiger partial charge in [-0.15, -0.1) is 5.10 Å². The van der Waals surface area contributed by atoms with Gasteiger partial charge in [-0.2, -0.15) is 0 Å². The molecule has 0 saturated heterocycles. The molecule has 5 nitrogen and oxygen atoms in total. The fourth-order valence-corrected chi connectivity index (χ4v) is 2.67. The Balaban J connectivity index is 2.00. The number of hydrogen-bond acceptors (Lipinski definition) is 4. The lowest BCUT2D eigenvalue weighted by molar-refractivity contribution is 0.847. The van der Waals surface area contributed by atoms with Crippen LogP contribution in [0.3, 0.4) is 0 Å². The number of benzene rings is 2. The van der Waals surface area contributed by atoms with E-state index >= 15 is 0 Å². The molecule has 2 N–H and O–H groups in total. The highest BCUT2D eigenvalue weighted by molar-refractivity contribution is 5.91.